The second-order valence-corrected chi connectivity index (χ2v) is 3.73. The van der Waals surface area contributed by atoms with E-state index in [0.29, 0.717) is 12.5 Å². The van der Waals surface area contributed by atoms with Crippen molar-refractivity contribution >= 4 is 17.4 Å². The number of hydrogen-bond acceptors (Lipinski definition) is 2. The predicted molar refractivity (Wildman–Crippen MR) is 41.7 cm³/mol. The number of Topliss-reactive ketones (excluding diaryl/α,β-unsaturated/α-hetero) is 1. The molecule has 0 bridgehead atoms. The number of ether oxygens (including phenoxy) is 1. The van der Waals surface area contributed by atoms with Crippen LogP contribution in [0.15, 0.2) is 0 Å². The molecule has 1 aliphatic carbocycles. The minimum Gasteiger partial charge on any atom is -0.380 e. The number of hydrogen-bond donors (Lipinski definition) is 0. The van der Waals surface area contributed by atoms with Crippen LogP contribution in [-0.2, 0) is 9.53 Å². The van der Waals surface area contributed by atoms with Crippen LogP contribution in [0.4, 0.5) is 0 Å². The summed E-state index contributed by atoms with van der Waals surface area (Å²) in [4.78, 5) is 11.4. The first kappa shape index (κ1) is 7.56. The second-order valence-electron chi connectivity index (χ2n) is 3.46. The van der Waals surface area contributed by atoms with Gasteiger partial charge in [0.05, 0.1) is 24.5 Å². The lowest BCUT2D eigenvalue weighted by atomic mass is 9.60. The average molecular weight is 175 g/mol. The molecule has 3 heteroatoms. The van der Waals surface area contributed by atoms with Gasteiger partial charge in [0.2, 0.25) is 0 Å². The summed E-state index contributed by atoms with van der Waals surface area (Å²) in [5, 5.41) is 0. The van der Waals surface area contributed by atoms with Gasteiger partial charge in [0, 0.05) is 0 Å². The van der Waals surface area contributed by atoms with Crippen molar-refractivity contribution in [3.05, 3.63) is 0 Å². The van der Waals surface area contributed by atoms with Crippen LogP contribution in [0, 0.1) is 11.3 Å². The molecule has 2 rings (SSSR count). The van der Waals surface area contributed by atoms with Crippen LogP contribution in [0.25, 0.3) is 0 Å². The van der Waals surface area contributed by atoms with Gasteiger partial charge in [0.15, 0.2) is 5.78 Å². The van der Waals surface area contributed by atoms with Crippen molar-refractivity contribution in [1.29, 1.82) is 0 Å². The summed E-state index contributed by atoms with van der Waals surface area (Å²) in [5.41, 5.74) is -0.151. The van der Waals surface area contributed by atoms with E-state index in [1.54, 1.807) is 0 Å². The number of carbonyl (C=O) groups excluding carboxylic acids is 1. The van der Waals surface area contributed by atoms with E-state index < -0.39 is 0 Å². The molecule has 0 radical (unpaired) electrons. The van der Waals surface area contributed by atoms with Crippen LogP contribution in [0.2, 0.25) is 0 Å². The highest BCUT2D eigenvalue weighted by atomic mass is 35.5. The highest BCUT2D eigenvalue weighted by molar-refractivity contribution is 6.28. The van der Waals surface area contributed by atoms with E-state index in [4.69, 9.17) is 16.3 Å². The summed E-state index contributed by atoms with van der Waals surface area (Å²) in [5.74, 6) is 0.821. The zero-order valence-electron chi connectivity index (χ0n) is 6.31. The fourth-order valence-corrected chi connectivity index (χ4v) is 2.36. The van der Waals surface area contributed by atoms with E-state index in [2.05, 4.69) is 0 Å². The monoisotopic (exact) mass is 174 g/mol. The van der Waals surface area contributed by atoms with Crippen molar-refractivity contribution in [2.75, 3.05) is 19.1 Å². The van der Waals surface area contributed by atoms with Gasteiger partial charge in [-0.25, -0.2) is 0 Å². The fourth-order valence-electron chi connectivity index (χ4n) is 2.09. The molecule has 2 nitrogen and oxygen atoms in total. The summed E-state index contributed by atoms with van der Waals surface area (Å²) in [6, 6.07) is 0. The number of ketones is 1. The van der Waals surface area contributed by atoms with Crippen molar-refractivity contribution in [3.63, 3.8) is 0 Å². The van der Waals surface area contributed by atoms with E-state index in [0.717, 1.165) is 19.4 Å². The van der Waals surface area contributed by atoms with E-state index in [9.17, 15) is 4.79 Å². The second kappa shape index (κ2) is 2.46. The molecule has 1 saturated heterocycles. The van der Waals surface area contributed by atoms with Crippen molar-refractivity contribution in [2.45, 2.75) is 12.8 Å². The van der Waals surface area contributed by atoms with Gasteiger partial charge in [-0.3, -0.25) is 4.79 Å². The highest BCUT2D eigenvalue weighted by Crippen LogP contribution is 2.51. The van der Waals surface area contributed by atoms with Gasteiger partial charge in [0.1, 0.15) is 0 Å². The Balaban J connectivity index is 2.15. The third-order valence-electron chi connectivity index (χ3n) is 3.08. The molecule has 1 saturated carbocycles. The van der Waals surface area contributed by atoms with E-state index >= 15 is 0 Å². The standard InChI is InChI=1S/C8H11ClO2/c9-3-7(10)8-2-1-6(8)4-11-5-8/h6H,1-5H2. The predicted octanol–water partition coefficient (Wildman–Crippen LogP) is 1.22. The summed E-state index contributed by atoms with van der Waals surface area (Å²) < 4.78 is 5.28. The molecule has 1 aliphatic heterocycles. The molecule has 0 aromatic heterocycles. The van der Waals surface area contributed by atoms with Crippen LogP contribution in [0.3, 0.4) is 0 Å². The molecule has 2 atom stereocenters. The third kappa shape index (κ3) is 0.859. The molecule has 0 aromatic rings. The minimum atomic E-state index is -0.151. The maximum atomic E-state index is 11.4. The Kier molecular flexibility index (Phi) is 1.69. The quantitative estimate of drug-likeness (QED) is 0.589. The van der Waals surface area contributed by atoms with E-state index in [1.807, 2.05) is 0 Å². The molecule has 2 fully saturated rings. The van der Waals surface area contributed by atoms with Gasteiger partial charge in [-0.1, -0.05) is 0 Å². The average Bonchev–Trinajstić information content (AvgIpc) is 2.27. The Bertz CT molecular complexity index is 193. The van der Waals surface area contributed by atoms with Crippen LogP contribution in [0.1, 0.15) is 12.8 Å². The lowest BCUT2D eigenvalue weighted by Crippen LogP contribution is -2.46. The Morgan fingerprint density at radius 3 is 3.00 bits per heavy atom. The molecule has 11 heavy (non-hydrogen) atoms. The number of fused-ring (bicyclic) bond motifs is 1. The molecule has 2 aliphatic rings. The Hall–Kier alpha value is -0.0800. The topological polar surface area (TPSA) is 26.3 Å². The summed E-state index contributed by atoms with van der Waals surface area (Å²) in [7, 11) is 0. The van der Waals surface area contributed by atoms with Gasteiger partial charge < -0.3 is 4.74 Å². The first-order valence-electron chi connectivity index (χ1n) is 3.96. The van der Waals surface area contributed by atoms with E-state index in [1.165, 1.54) is 0 Å². The minimum absolute atomic E-state index is 0.151. The molecule has 0 N–H and O–H groups in total. The van der Waals surface area contributed by atoms with E-state index in [-0.39, 0.29) is 17.1 Å². The molecule has 2 unspecified atom stereocenters. The largest absolute Gasteiger partial charge is 0.380 e. The zero-order valence-corrected chi connectivity index (χ0v) is 7.06. The Morgan fingerprint density at radius 2 is 2.55 bits per heavy atom. The maximum absolute atomic E-state index is 11.4. The molecule has 0 aromatic carbocycles. The third-order valence-corrected chi connectivity index (χ3v) is 3.32. The molecule has 0 amide bonds. The molecule has 62 valence electrons. The maximum Gasteiger partial charge on any atom is 0.156 e. The number of carbonyl (C=O) groups is 1. The van der Waals surface area contributed by atoms with Gasteiger partial charge >= 0.3 is 0 Å². The van der Waals surface area contributed by atoms with Gasteiger partial charge in [-0.2, -0.15) is 0 Å². The van der Waals surface area contributed by atoms with Crippen molar-refractivity contribution in [3.8, 4) is 0 Å². The fraction of sp³-hybridized carbons (Fsp3) is 0.875. The first-order valence-corrected chi connectivity index (χ1v) is 4.50. The first-order chi connectivity index (χ1) is 5.29. The van der Waals surface area contributed by atoms with Crippen molar-refractivity contribution in [2.24, 2.45) is 11.3 Å². The van der Waals surface area contributed by atoms with Gasteiger partial charge in [0.25, 0.3) is 0 Å². The Morgan fingerprint density at radius 1 is 1.73 bits per heavy atom. The lowest BCUT2D eigenvalue weighted by molar-refractivity contribution is -0.133. The zero-order chi connectivity index (χ0) is 7.90. The highest BCUT2D eigenvalue weighted by Gasteiger charge is 2.55. The normalized spacial score (nSPS) is 41.4. The summed E-state index contributed by atoms with van der Waals surface area (Å²) in [6.45, 7) is 1.38. The summed E-state index contributed by atoms with van der Waals surface area (Å²) >= 11 is 5.52. The smallest absolute Gasteiger partial charge is 0.156 e. The lowest BCUT2D eigenvalue weighted by Gasteiger charge is -2.41. The van der Waals surface area contributed by atoms with Crippen molar-refractivity contribution in [1.82, 2.24) is 0 Å². The summed E-state index contributed by atoms with van der Waals surface area (Å²) in [6.07, 6.45) is 2.13. The number of halogens is 1. The van der Waals surface area contributed by atoms with Gasteiger partial charge in [-0.05, 0) is 18.8 Å². The van der Waals surface area contributed by atoms with Gasteiger partial charge in [-0.15, -0.1) is 11.6 Å². The molecule has 1 heterocycles. The van der Waals surface area contributed by atoms with Crippen LogP contribution < -0.4 is 0 Å². The molecular formula is C8H11ClO2. The SMILES string of the molecule is O=C(CCl)C12CCC1COC2. The molecular weight excluding hydrogens is 164 g/mol. The van der Waals surface area contributed by atoms with Crippen LogP contribution >= 0.6 is 11.6 Å². The van der Waals surface area contributed by atoms with Crippen LogP contribution in [-0.4, -0.2) is 24.9 Å². The number of alkyl halides is 1. The van der Waals surface area contributed by atoms with Crippen LogP contribution in [0.5, 0.6) is 0 Å². The van der Waals surface area contributed by atoms with Crippen molar-refractivity contribution < 1.29 is 9.53 Å². The Labute approximate surface area is 70.9 Å². The molecule has 0 spiro atoms. The number of rotatable bonds is 2.